The van der Waals surface area contributed by atoms with E-state index in [1.165, 1.54) is 0 Å². The van der Waals surface area contributed by atoms with Crippen LogP contribution in [-0.4, -0.2) is 33.9 Å². The lowest BCUT2D eigenvalue weighted by atomic mass is 9.43. The van der Waals surface area contributed by atoms with Gasteiger partial charge in [-0.15, -0.1) is 0 Å². The van der Waals surface area contributed by atoms with Gasteiger partial charge in [0.05, 0.1) is 6.10 Å². The summed E-state index contributed by atoms with van der Waals surface area (Å²) >= 11 is 0. The SMILES string of the molecule is CC(CCC(=O)O)C1CCC2C3C(O)CC4CC(=O)CCC4(C)C3CC(=O)C12C. The molecule has 0 radical (unpaired) electrons. The van der Waals surface area contributed by atoms with E-state index >= 15 is 0 Å². The molecular formula is C24H36O5. The quantitative estimate of drug-likeness (QED) is 0.742. The van der Waals surface area contributed by atoms with E-state index in [-0.39, 0.29) is 47.3 Å². The van der Waals surface area contributed by atoms with Crippen LogP contribution in [0.2, 0.25) is 0 Å². The van der Waals surface area contributed by atoms with Gasteiger partial charge in [0.25, 0.3) is 0 Å². The van der Waals surface area contributed by atoms with E-state index < -0.39 is 17.5 Å². The molecule has 0 aromatic heterocycles. The Morgan fingerprint density at radius 1 is 1.17 bits per heavy atom. The molecule has 0 saturated heterocycles. The largest absolute Gasteiger partial charge is 0.481 e. The average molecular weight is 405 g/mol. The maximum atomic E-state index is 13.6. The first-order valence-corrected chi connectivity index (χ1v) is 11.5. The Morgan fingerprint density at radius 2 is 1.90 bits per heavy atom. The van der Waals surface area contributed by atoms with E-state index in [1.54, 1.807) is 0 Å². The summed E-state index contributed by atoms with van der Waals surface area (Å²) in [6.45, 7) is 6.48. The fourth-order valence-corrected chi connectivity index (χ4v) is 8.22. The number of aliphatic carboxylic acids is 1. The summed E-state index contributed by atoms with van der Waals surface area (Å²) in [5.74, 6) is 0.911. The van der Waals surface area contributed by atoms with E-state index in [1.807, 2.05) is 0 Å². The molecule has 0 amide bonds. The van der Waals surface area contributed by atoms with Crippen LogP contribution in [0.1, 0.15) is 78.6 Å². The second-order valence-electron chi connectivity index (χ2n) is 11.0. The molecule has 4 rings (SSSR count). The molecule has 4 saturated carbocycles. The van der Waals surface area contributed by atoms with Crippen LogP contribution in [0, 0.1) is 46.3 Å². The van der Waals surface area contributed by atoms with Crippen molar-refractivity contribution < 1.29 is 24.6 Å². The van der Waals surface area contributed by atoms with Gasteiger partial charge in [-0.1, -0.05) is 20.8 Å². The number of aliphatic hydroxyl groups is 1. The molecule has 0 aromatic rings. The molecule has 29 heavy (non-hydrogen) atoms. The number of Topliss-reactive ketones (excluding diaryl/α,β-unsaturated/α-hetero) is 2. The minimum absolute atomic E-state index is 0.0260. The third kappa shape index (κ3) is 3.10. The number of carbonyl (C=O) groups excluding carboxylic acids is 2. The van der Waals surface area contributed by atoms with Crippen LogP contribution < -0.4 is 0 Å². The van der Waals surface area contributed by atoms with Crippen molar-refractivity contribution in [1.29, 1.82) is 0 Å². The Hall–Kier alpha value is -1.23. The zero-order valence-corrected chi connectivity index (χ0v) is 18.0. The van der Waals surface area contributed by atoms with Gasteiger partial charge >= 0.3 is 5.97 Å². The molecule has 0 heterocycles. The molecule has 4 aliphatic carbocycles. The highest BCUT2D eigenvalue weighted by Gasteiger charge is 2.65. The zero-order chi connectivity index (χ0) is 21.1. The smallest absolute Gasteiger partial charge is 0.303 e. The second kappa shape index (κ2) is 7.18. The predicted molar refractivity (Wildman–Crippen MR) is 108 cm³/mol. The highest BCUT2D eigenvalue weighted by atomic mass is 16.4. The van der Waals surface area contributed by atoms with Crippen molar-refractivity contribution >= 4 is 17.5 Å². The standard InChI is InChI=1S/C24H36O5/c1-13(4-7-21(28)29)16-5-6-17-22-18(12-20(27)24(16,17)3)23(2)9-8-15(25)10-14(23)11-19(22)26/h13-14,16-19,22,26H,4-12H2,1-3H3,(H,28,29). The van der Waals surface area contributed by atoms with Crippen molar-refractivity contribution in [3.63, 3.8) is 0 Å². The van der Waals surface area contributed by atoms with Crippen molar-refractivity contribution in [2.24, 2.45) is 46.3 Å². The number of hydrogen-bond donors (Lipinski definition) is 2. The van der Waals surface area contributed by atoms with Gasteiger partial charge in [-0.25, -0.2) is 0 Å². The first kappa shape index (κ1) is 21.0. The molecular weight excluding hydrogens is 368 g/mol. The summed E-state index contributed by atoms with van der Waals surface area (Å²) in [6, 6.07) is 0. The molecule has 9 unspecified atom stereocenters. The minimum Gasteiger partial charge on any atom is -0.481 e. The highest BCUT2D eigenvalue weighted by Crippen LogP contribution is 2.67. The number of hydrogen-bond acceptors (Lipinski definition) is 4. The topological polar surface area (TPSA) is 91.7 Å². The molecule has 4 aliphatic rings. The fourth-order valence-electron chi connectivity index (χ4n) is 8.22. The Bertz CT molecular complexity index is 716. The summed E-state index contributed by atoms with van der Waals surface area (Å²) in [6.07, 6.45) is 5.42. The summed E-state index contributed by atoms with van der Waals surface area (Å²) in [4.78, 5) is 36.7. The number of rotatable bonds is 4. The van der Waals surface area contributed by atoms with Crippen LogP contribution >= 0.6 is 0 Å². The highest BCUT2D eigenvalue weighted by molar-refractivity contribution is 5.87. The van der Waals surface area contributed by atoms with E-state index in [9.17, 15) is 19.5 Å². The second-order valence-corrected chi connectivity index (χ2v) is 11.0. The maximum absolute atomic E-state index is 13.6. The van der Waals surface area contributed by atoms with Crippen LogP contribution in [-0.2, 0) is 14.4 Å². The maximum Gasteiger partial charge on any atom is 0.303 e. The number of carbonyl (C=O) groups is 3. The van der Waals surface area contributed by atoms with Crippen molar-refractivity contribution in [3.05, 3.63) is 0 Å². The van der Waals surface area contributed by atoms with E-state index in [0.29, 0.717) is 43.7 Å². The van der Waals surface area contributed by atoms with Gasteiger partial charge < -0.3 is 10.2 Å². The van der Waals surface area contributed by atoms with Crippen LogP contribution in [0.4, 0.5) is 0 Å². The molecule has 4 fully saturated rings. The summed E-state index contributed by atoms with van der Waals surface area (Å²) in [5.41, 5.74) is -0.477. The van der Waals surface area contributed by atoms with Crippen LogP contribution in [0.15, 0.2) is 0 Å². The zero-order valence-electron chi connectivity index (χ0n) is 18.0. The van der Waals surface area contributed by atoms with Crippen LogP contribution in [0.25, 0.3) is 0 Å². The summed E-state index contributed by atoms with van der Waals surface area (Å²) in [7, 11) is 0. The third-order valence-electron chi connectivity index (χ3n) is 9.93. The molecule has 0 bridgehead atoms. The number of fused-ring (bicyclic) bond motifs is 5. The van der Waals surface area contributed by atoms with E-state index in [0.717, 1.165) is 19.3 Å². The van der Waals surface area contributed by atoms with E-state index in [4.69, 9.17) is 5.11 Å². The van der Waals surface area contributed by atoms with Crippen LogP contribution in [0.5, 0.6) is 0 Å². The molecule has 5 nitrogen and oxygen atoms in total. The molecule has 162 valence electrons. The van der Waals surface area contributed by atoms with Gasteiger partial charge in [-0.05, 0) is 73.0 Å². The van der Waals surface area contributed by atoms with Crippen molar-refractivity contribution in [2.45, 2.75) is 84.7 Å². The Balaban J connectivity index is 1.62. The van der Waals surface area contributed by atoms with E-state index in [2.05, 4.69) is 20.8 Å². The van der Waals surface area contributed by atoms with Gasteiger partial charge in [0.15, 0.2) is 0 Å². The number of carboxylic acid groups (broad SMARTS) is 1. The van der Waals surface area contributed by atoms with Gasteiger partial charge in [0.1, 0.15) is 11.6 Å². The molecule has 2 N–H and O–H groups in total. The molecule has 0 aliphatic heterocycles. The molecule has 0 aromatic carbocycles. The van der Waals surface area contributed by atoms with Crippen LogP contribution in [0.3, 0.4) is 0 Å². The number of aliphatic hydroxyl groups excluding tert-OH is 1. The molecule has 0 spiro atoms. The first-order valence-electron chi connectivity index (χ1n) is 11.5. The Morgan fingerprint density at radius 3 is 2.59 bits per heavy atom. The van der Waals surface area contributed by atoms with Gasteiger partial charge in [-0.2, -0.15) is 0 Å². The minimum atomic E-state index is -0.778. The summed E-state index contributed by atoms with van der Waals surface area (Å²) in [5, 5.41) is 20.3. The average Bonchev–Trinajstić information content (AvgIpc) is 3.01. The number of ketones is 2. The fraction of sp³-hybridized carbons (Fsp3) is 0.875. The van der Waals surface area contributed by atoms with Crippen molar-refractivity contribution in [1.82, 2.24) is 0 Å². The lowest BCUT2D eigenvalue weighted by molar-refractivity contribution is -0.177. The van der Waals surface area contributed by atoms with Gasteiger partial charge in [0, 0.05) is 31.1 Å². The summed E-state index contributed by atoms with van der Waals surface area (Å²) < 4.78 is 0. The number of carboxylic acids is 1. The monoisotopic (exact) mass is 404 g/mol. The first-order chi connectivity index (χ1) is 13.6. The van der Waals surface area contributed by atoms with Crippen molar-refractivity contribution in [3.8, 4) is 0 Å². The van der Waals surface area contributed by atoms with Gasteiger partial charge in [-0.3, -0.25) is 14.4 Å². The molecule has 9 atom stereocenters. The predicted octanol–water partition coefficient (Wildman–Crippen LogP) is 3.87. The third-order valence-corrected chi connectivity index (χ3v) is 9.93. The Kier molecular flexibility index (Phi) is 5.20. The lowest BCUT2D eigenvalue weighted by Crippen LogP contribution is -2.61. The molecule has 5 heteroatoms. The lowest BCUT2D eigenvalue weighted by Gasteiger charge is -2.61. The van der Waals surface area contributed by atoms with Crippen molar-refractivity contribution in [2.75, 3.05) is 0 Å². The van der Waals surface area contributed by atoms with Gasteiger partial charge in [0.2, 0.25) is 0 Å². The Labute approximate surface area is 173 Å². The normalized spacial score (nSPS) is 47.9.